The van der Waals surface area contributed by atoms with Crippen LogP contribution in [0, 0.1) is 5.92 Å². The first kappa shape index (κ1) is 15.8. The highest BCUT2D eigenvalue weighted by molar-refractivity contribution is 5.38. The standard InChI is InChI=1S/C13H18F3N3O2/c1-2-17-10-7-11(19-12(18-10)13(14,15)16)21-8-9-3-5-20-6-4-9/h7,9H,2-6,8H2,1H3,(H,17,18,19). The van der Waals surface area contributed by atoms with Crippen LogP contribution in [0.5, 0.6) is 5.88 Å². The van der Waals surface area contributed by atoms with Crippen molar-refractivity contribution in [2.45, 2.75) is 25.9 Å². The Kier molecular flexibility index (Phi) is 5.22. The van der Waals surface area contributed by atoms with Crippen LogP contribution < -0.4 is 10.1 Å². The van der Waals surface area contributed by atoms with E-state index in [0.29, 0.717) is 26.4 Å². The molecule has 1 saturated heterocycles. The van der Waals surface area contributed by atoms with Crippen molar-refractivity contribution in [3.05, 3.63) is 11.9 Å². The average Bonchev–Trinajstić information content (AvgIpc) is 2.45. The first-order valence-corrected chi connectivity index (χ1v) is 6.89. The first-order valence-electron chi connectivity index (χ1n) is 6.89. The third-order valence-electron chi connectivity index (χ3n) is 3.12. The number of ether oxygens (including phenoxy) is 2. The van der Waals surface area contributed by atoms with Crippen molar-refractivity contribution in [2.75, 3.05) is 31.7 Å². The molecule has 0 spiro atoms. The summed E-state index contributed by atoms with van der Waals surface area (Å²) in [6, 6.07) is 1.39. The van der Waals surface area contributed by atoms with Gasteiger partial charge in [-0.25, -0.2) is 4.98 Å². The summed E-state index contributed by atoms with van der Waals surface area (Å²) < 4.78 is 48.9. The molecular formula is C13H18F3N3O2. The molecule has 21 heavy (non-hydrogen) atoms. The lowest BCUT2D eigenvalue weighted by molar-refractivity contribution is -0.145. The van der Waals surface area contributed by atoms with Crippen molar-refractivity contribution in [1.29, 1.82) is 0 Å². The molecule has 2 rings (SSSR count). The zero-order chi connectivity index (χ0) is 15.3. The van der Waals surface area contributed by atoms with Crippen LogP contribution >= 0.6 is 0 Å². The van der Waals surface area contributed by atoms with Crippen LogP contribution in [-0.4, -0.2) is 36.3 Å². The van der Waals surface area contributed by atoms with Gasteiger partial charge in [0.15, 0.2) is 0 Å². The summed E-state index contributed by atoms with van der Waals surface area (Å²) >= 11 is 0. The van der Waals surface area contributed by atoms with Gasteiger partial charge in [0.1, 0.15) is 5.82 Å². The van der Waals surface area contributed by atoms with Gasteiger partial charge < -0.3 is 14.8 Å². The number of anilines is 1. The smallest absolute Gasteiger partial charge is 0.451 e. The molecule has 118 valence electrons. The number of aromatic nitrogens is 2. The van der Waals surface area contributed by atoms with Gasteiger partial charge in [-0.15, -0.1) is 0 Å². The highest BCUT2D eigenvalue weighted by Crippen LogP contribution is 2.29. The van der Waals surface area contributed by atoms with Crippen molar-refractivity contribution in [3.8, 4) is 5.88 Å². The lowest BCUT2D eigenvalue weighted by Crippen LogP contribution is -2.22. The topological polar surface area (TPSA) is 56.3 Å². The minimum atomic E-state index is -4.60. The Morgan fingerprint density at radius 3 is 2.67 bits per heavy atom. The predicted molar refractivity (Wildman–Crippen MR) is 70.2 cm³/mol. The van der Waals surface area contributed by atoms with Crippen molar-refractivity contribution < 1.29 is 22.6 Å². The van der Waals surface area contributed by atoms with E-state index in [1.54, 1.807) is 6.92 Å². The van der Waals surface area contributed by atoms with Gasteiger partial charge in [0.2, 0.25) is 11.7 Å². The van der Waals surface area contributed by atoms with Crippen molar-refractivity contribution >= 4 is 5.82 Å². The monoisotopic (exact) mass is 305 g/mol. The summed E-state index contributed by atoms with van der Waals surface area (Å²) in [5, 5.41) is 2.75. The highest BCUT2D eigenvalue weighted by atomic mass is 19.4. The van der Waals surface area contributed by atoms with E-state index >= 15 is 0 Å². The van der Waals surface area contributed by atoms with Crippen LogP contribution in [0.1, 0.15) is 25.6 Å². The zero-order valence-corrected chi connectivity index (χ0v) is 11.7. The summed E-state index contributed by atoms with van der Waals surface area (Å²) in [6.45, 7) is 3.90. The predicted octanol–water partition coefficient (Wildman–Crippen LogP) is 2.73. The van der Waals surface area contributed by atoms with Crippen LogP contribution in [0.2, 0.25) is 0 Å². The van der Waals surface area contributed by atoms with Crippen molar-refractivity contribution in [2.24, 2.45) is 5.92 Å². The Bertz CT molecular complexity index is 462. The van der Waals surface area contributed by atoms with Crippen LogP contribution in [0.15, 0.2) is 6.07 Å². The summed E-state index contributed by atoms with van der Waals surface area (Å²) in [4.78, 5) is 6.88. The molecule has 1 fully saturated rings. The van der Waals surface area contributed by atoms with E-state index in [2.05, 4.69) is 15.3 Å². The van der Waals surface area contributed by atoms with E-state index in [1.807, 2.05) is 0 Å². The first-order chi connectivity index (χ1) is 9.99. The van der Waals surface area contributed by atoms with Crippen molar-refractivity contribution in [3.63, 3.8) is 0 Å². The number of hydrogen-bond donors (Lipinski definition) is 1. The molecule has 0 bridgehead atoms. The van der Waals surface area contributed by atoms with E-state index in [0.717, 1.165) is 12.8 Å². The molecule has 0 saturated carbocycles. The minimum absolute atomic E-state index is 0.0558. The highest BCUT2D eigenvalue weighted by Gasteiger charge is 2.35. The molecule has 1 aliphatic rings. The molecule has 2 heterocycles. The van der Waals surface area contributed by atoms with Gasteiger partial charge in [-0.05, 0) is 25.7 Å². The largest absolute Gasteiger partial charge is 0.477 e. The minimum Gasteiger partial charge on any atom is -0.477 e. The molecule has 0 unspecified atom stereocenters. The Hall–Kier alpha value is -1.57. The lowest BCUT2D eigenvalue weighted by Gasteiger charge is -2.22. The molecule has 1 N–H and O–H groups in total. The van der Waals surface area contributed by atoms with E-state index < -0.39 is 12.0 Å². The number of alkyl halides is 3. The Morgan fingerprint density at radius 2 is 2.05 bits per heavy atom. The fourth-order valence-corrected chi connectivity index (χ4v) is 2.01. The van der Waals surface area contributed by atoms with E-state index in [9.17, 15) is 13.2 Å². The molecule has 0 amide bonds. The van der Waals surface area contributed by atoms with Crippen molar-refractivity contribution in [1.82, 2.24) is 9.97 Å². The van der Waals surface area contributed by atoms with Gasteiger partial charge in [0.05, 0.1) is 6.61 Å². The molecule has 0 radical (unpaired) electrons. The lowest BCUT2D eigenvalue weighted by atomic mass is 10.0. The molecule has 1 aromatic heterocycles. The molecule has 5 nitrogen and oxygen atoms in total. The van der Waals surface area contributed by atoms with Crippen LogP contribution in [0.25, 0.3) is 0 Å². The number of rotatable bonds is 5. The third-order valence-corrected chi connectivity index (χ3v) is 3.12. The van der Waals surface area contributed by atoms with Gasteiger partial charge in [-0.2, -0.15) is 18.2 Å². The second-order valence-corrected chi connectivity index (χ2v) is 4.81. The van der Waals surface area contributed by atoms with Gasteiger partial charge in [0.25, 0.3) is 0 Å². The molecule has 1 aliphatic heterocycles. The zero-order valence-electron chi connectivity index (χ0n) is 11.7. The summed E-state index contributed by atoms with van der Waals surface area (Å²) in [7, 11) is 0. The quantitative estimate of drug-likeness (QED) is 0.906. The molecule has 0 aliphatic carbocycles. The molecule has 0 aromatic carbocycles. The molecule has 0 atom stereocenters. The van der Waals surface area contributed by atoms with Gasteiger partial charge in [-0.3, -0.25) is 0 Å². The average molecular weight is 305 g/mol. The van der Waals surface area contributed by atoms with Crippen LogP contribution in [0.4, 0.5) is 19.0 Å². The fraction of sp³-hybridized carbons (Fsp3) is 0.692. The number of nitrogens with one attached hydrogen (secondary N) is 1. The third kappa shape index (κ3) is 4.73. The SMILES string of the molecule is CCNc1cc(OCC2CCOCC2)nc(C(F)(F)F)n1. The maximum Gasteiger partial charge on any atom is 0.451 e. The van der Waals surface area contributed by atoms with Crippen LogP contribution in [-0.2, 0) is 10.9 Å². The molecule has 1 aromatic rings. The maximum atomic E-state index is 12.8. The molecule has 8 heteroatoms. The second-order valence-electron chi connectivity index (χ2n) is 4.81. The normalized spacial score (nSPS) is 16.8. The van der Waals surface area contributed by atoms with E-state index in [4.69, 9.17) is 9.47 Å². The molecular weight excluding hydrogens is 287 g/mol. The number of hydrogen-bond acceptors (Lipinski definition) is 5. The van der Waals surface area contributed by atoms with E-state index in [1.165, 1.54) is 6.07 Å². The van der Waals surface area contributed by atoms with E-state index in [-0.39, 0.29) is 17.6 Å². The number of halogens is 3. The Balaban J connectivity index is 2.07. The van der Waals surface area contributed by atoms with Gasteiger partial charge in [-0.1, -0.05) is 0 Å². The number of nitrogens with zero attached hydrogens (tertiary/aromatic N) is 2. The second kappa shape index (κ2) is 6.93. The summed E-state index contributed by atoms with van der Waals surface area (Å²) in [5.74, 6) is -0.852. The summed E-state index contributed by atoms with van der Waals surface area (Å²) in [5.41, 5.74) is 0. The fourth-order valence-electron chi connectivity index (χ4n) is 2.01. The maximum absolute atomic E-state index is 12.8. The Labute approximate surface area is 120 Å². The van der Waals surface area contributed by atoms with Gasteiger partial charge in [0, 0.05) is 25.8 Å². The Morgan fingerprint density at radius 1 is 1.33 bits per heavy atom. The van der Waals surface area contributed by atoms with Crippen LogP contribution in [0.3, 0.4) is 0 Å². The van der Waals surface area contributed by atoms with Gasteiger partial charge >= 0.3 is 6.18 Å². The summed E-state index contributed by atoms with van der Waals surface area (Å²) in [6.07, 6.45) is -2.91.